The third-order valence-electron chi connectivity index (χ3n) is 8.51. The Kier molecular flexibility index (Phi) is 33.4. The number of esters is 2. The Morgan fingerprint density at radius 3 is 1.74 bits per heavy atom. The summed E-state index contributed by atoms with van der Waals surface area (Å²) >= 11 is 0. The number of carbonyl (C=O) groups is 2. The average molecular weight is 871 g/mol. The molecule has 0 heterocycles. The predicted octanol–water partition coefficient (Wildman–Crippen LogP) is 6.66. The number of phosphoric acid groups is 2. The quantitative estimate of drug-likeness (QED) is 0.0149. The largest absolute Gasteiger partial charge is 0.472 e. The summed E-state index contributed by atoms with van der Waals surface area (Å²) in [4.78, 5) is 52.6. The van der Waals surface area contributed by atoms with Crippen LogP contribution in [0.2, 0.25) is 0 Å². The Hall–Kier alpha value is -2.04. The van der Waals surface area contributed by atoms with E-state index >= 15 is 0 Å². The Bertz CT molecular complexity index is 1280. The summed E-state index contributed by atoms with van der Waals surface area (Å²) in [5.74, 6) is -0.656. The van der Waals surface area contributed by atoms with E-state index in [0.29, 0.717) is 12.3 Å². The lowest BCUT2D eigenvalue weighted by atomic mass is 10.0. The monoisotopic (exact) mass is 870 g/mol. The molecule has 7 N–H and O–H groups in total. The lowest BCUT2D eigenvalue weighted by Crippen LogP contribution is -2.30. The highest BCUT2D eigenvalue weighted by Gasteiger charge is 2.28. The molecule has 0 radical (unpaired) electrons. The van der Waals surface area contributed by atoms with Crippen molar-refractivity contribution in [2.75, 3.05) is 26.4 Å². The van der Waals surface area contributed by atoms with Gasteiger partial charge in [0.2, 0.25) is 0 Å². The van der Waals surface area contributed by atoms with E-state index in [0.717, 1.165) is 51.4 Å². The fourth-order valence-electron chi connectivity index (χ4n) is 5.21. The number of carbonyl (C=O) groups excluding carboxylic acids is 2. The van der Waals surface area contributed by atoms with Crippen molar-refractivity contribution < 1.29 is 76.9 Å². The topological polar surface area (TPSA) is 256 Å². The summed E-state index contributed by atoms with van der Waals surface area (Å²) in [6, 6.07) is 0. The highest BCUT2D eigenvalue weighted by atomic mass is 31.2. The lowest BCUT2D eigenvalue weighted by Gasteiger charge is -2.20. The summed E-state index contributed by atoms with van der Waals surface area (Å²) in [7, 11) is -9.78. The molecule has 58 heavy (non-hydrogen) atoms. The molecule has 0 aromatic heterocycles. The molecule has 1 unspecified atom stereocenters. The fourth-order valence-corrected chi connectivity index (χ4v) is 6.36. The Morgan fingerprint density at radius 1 is 0.586 bits per heavy atom. The van der Waals surface area contributed by atoms with Gasteiger partial charge < -0.3 is 44.6 Å². The van der Waals surface area contributed by atoms with Crippen molar-refractivity contribution in [1.82, 2.24) is 0 Å². The summed E-state index contributed by atoms with van der Waals surface area (Å²) in [6.07, 6.45) is 20.8. The van der Waals surface area contributed by atoms with E-state index in [9.17, 15) is 44.0 Å². The normalized spacial score (nSPS) is 16.3. The zero-order valence-electron chi connectivity index (χ0n) is 34.6. The van der Waals surface area contributed by atoms with E-state index in [-0.39, 0.29) is 25.7 Å². The van der Waals surface area contributed by atoms with Crippen LogP contribution in [0.25, 0.3) is 0 Å². The van der Waals surface area contributed by atoms with Crippen molar-refractivity contribution in [2.24, 2.45) is 5.92 Å². The highest BCUT2D eigenvalue weighted by molar-refractivity contribution is 7.47. The molecule has 0 rings (SSSR count). The third-order valence-corrected chi connectivity index (χ3v) is 9.94. The molecule has 0 aromatic rings. The first-order valence-electron chi connectivity index (χ1n) is 20.5. The Balaban J connectivity index is 4.87. The van der Waals surface area contributed by atoms with Crippen LogP contribution in [0.3, 0.4) is 0 Å². The number of aliphatic hydroxyl groups is 4. The minimum Gasteiger partial charge on any atom is -0.462 e. The first kappa shape index (κ1) is 56.0. The summed E-state index contributed by atoms with van der Waals surface area (Å²) in [6.45, 7) is 3.48. The van der Waals surface area contributed by atoms with Gasteiger partial charge in [-0.05, 0) is 31.6 Å². The second-order valence-corrected chi connectivity index (χ2v) is 17.3. The Morgan fingerprint density at radius 2 is 1.12 bits per heavy atom. The minimum absolute atomic E-state index is 0.0562. The number of phosphoric ester groups is 2. The van der Waals surface area contributed by atoms with Crippen LogP contribution >= 0.6 is 15.6 Å². The maximum atomic E-state index is 12.6. The maximum absolute atomic E-state index is 12.6. The summed E-state index contributed by atoms with van der Waals surface area (Å²) in [5, 5.41) is 40.1. The predicted molar refractivity (Wildman–Crippen MR) is 220 cm³/mol. The summed E-state index contributed by atoms with van der Waals surface area (Å²) in [5.41, 5.74) is 0. The average Bonchev–Trinajstić information content (AvgIpc) is 3.15. The van der Waals surface area contributed by atoms with Crippen LogP contribution in [0.4, 0.5) is 0 Å². The van der Waals surface area contributed by atoms with Crippen molar-refractivity contribution in [3.8, 4) is 0 Å². The van der Waals surface area contributed by atoms with Gasteiger partial charge in [0.1, 0.15) is 12.7 Å². The number of hydrogen-bond acceptors (Lipinski definition) is 13. The van der Waals surface area contributed by atoms with Gasteiger partial charge in [0, 0.05) is 12.8 Å². The minimum atomic E-state index is -4.90. The molecule has 338 valence electrons. The molecular formula is C40H72O16P2. The first-order valence-corrected chi connectivity index (χ1v) is 23.5. The van der Waals surface area contributed by atoms with Crippen molar-refractivity contribution in [1.29, 1.82) is 0 Å². The van der Waals surface area contributed by atoms with Crippen LogP contribution in [-0.4, -0.2) is 104 Å². The SMILES string of the molecule is CCCCC[C@@H](O)/C=C/C=C\C=C\C=C\[C@@H](O)[C@H](O)CCCC(=O)OC[C@H](COP(=O)(O)OC[C@@H](O)COP(=O)(O)O)OC(=O)CCCCCCCCCCC(C)C. The molecule has 0 amide bonds. The van der Waals surface area contributed by atoms with Gasteiger partial charge in [-0.25, -0.2) is 9.13 Å². The smallest absolute Gasteiger partial charge is 0.462 e. The van der Waals surface area contributed by atoms with E-state index in [4.69, 9.17) is 23.8 Å². The van der Waals surface area contributed by atoms with Gasteiger partial charge >= 0.3 is 27.6 Å². The van der Waals surface area contributed by atoms with Crippen LogP contribution in [0, 0.1) is 5.92 Å². The van der Waals surface area contributed by atoms with Gasteiger partial charge in [0.05, 0.1) is 38.1 Å². The van der Waals surface area contributed by atoms with E-state index in [2.05, 4.69) is 29.8 Å². The number of rotatable bonds is 37. The number of unbranched alkanes of at least 4 members (excludes halogenated alkanes) is 9. The molecule has 0 aliphatic heterocycles. The molecule has 0 saturated carbocycles. The van der Waals surface area contributed by atoms with E-state index in [1.807, 2.05) is 0 Å². The van der Waals surface area contributed by atoms with Gasteiger partial charge in [0.25, 0.3) is 0 Å². The van der Waals surface area contributed by atoms with Crippen molar-refractivity contribution in [2.45, 2.75) is 160 Å². The van der Waals surface area contributed by atoms with Crippen molar-refractivity contribution >= 4 is 27.6 Å². The maximum Gasteiger partial charge on any atom is 0.472 e. The molecule has 0 aliphatic rings. The number of aliphatic hydroxyl groups excluding tert-OH is 4. The molecule has 18 heteroatoms. The van der Waals surface area contributed by atoms with Crippen molar-refractivity contribution in [3.63, 3.8) is 0 Å². The van der Waals surface area contributed by atoms with Crippen LogP contribution in [-0.2, 0) is 41.8 Å². The zero-order chi connectivity index (χ0) is 43.7. The lowest BCUT2D eigenvalue weighted by molar-refractivity contribution is -0.161. The standard InChI is InChI=1S/C40H72O16P2/c1-4-5-16-23-34(41)24-18-13-10-11-14-19-25-37(43)38(44)26-21-28-39(45)52-31-36(32-55-58(50,51)54-30-35(42)29-53-57(47,48)49)56-40(46)27-20-15-9-7-6-8-12-17-22-33(2)3/h10-11,13-14,18-19,24-25,33-38,41-44H,4-9,12,15-17,20-23,26-32H2,1-3H3,(H,50,51)(H2,47,48,49)/b13-10-,14-11+,24-18+,25-19+/t34-,35+,36-,37-,38-/m1/s1. The first-order chi connectivity index (χ1) is 27.4. The molecule has 0 bridgehead atoms. The molecule has 0 aliphatic carbocycles. The third kappa shape index (κ3) is 37.0. The fraction of sp³-hybridized carbons (Fsp3) is 0.750. The van der Waals surface area contributed by atoms with Crippen LogP contribution in [0.5, 0.6) is 0 Å². The van der Waals surface area contributed by atoms with Crippen LogP contribution in [0.1, 0.15) is 130 Å². The second-order valence-electron chi connectivity index (χ2n) is 14.6. The van der Waals surface area contributed by atoms with E-state index < -0.39 is 84.5 Å². The van der Waals surface area contributed by atoms with Gasteiger partial charge in [-0.2, -0.15) is 0 Å². The Labute approximate surface area is 345 Å². The van der Waals surface area contributed by atoms with E-state index in [1.54, 1.807) is 42.5 Å². The van der Waals surface area contributed by atoms with Gasteiger partial charge in [0.15, 0.2) is 6.10 Å². The molecule has 0 aromatic carbocycles. The number of allylic oxidation sites excluding steroid dienone is 6. The highest BCUT2D eigenvalue weighted by Crippen LogP contribution is 2.43. The van der Waals surface area contributed by atoms with Crippen molar-refractivity contribution in [3.05, 3.63) is 48.6 Å². The van der Waals surface area contributed by atoms with E-state index in [1.165, 1.54) is 31.8 Å². The molecule has 16 nitrogen and oxygen atoms in total. The van der Waals surface area contributed by atoms with Crippen LogP contribution in [0.15, 0.2) is 48.6 Å². The molecule has 0 spiro atoms. The van der Waals surface area contributed by atoms with Crippen LogP contribution < -0.4 is 0 Å². The molecule has 0 saturated heterocycles. The molecular weight excluding hydrogens is 798 g/mol. The van der Waals surface area contributed by atoms with Gasteiger partial charge in [-0.1, -0.05) is 140 Å². The second kappa shape index (κ2) is 34.6. The van der Waals surface area contributed by atoms with Gasteiger partial charge in [-0.15, -0.1) is 0 Å². The molecule has 0 fully saturated rings. The molecule has 6 atom stereocenters. The van der Waals surface area contributed by atoms with Gasteiger partial charge in [-0.3, -0.25) is 23.2 Å². The summed E-state index contributed by atoms with van der Waals surface area (Å²) < 4.78 is 47.4. The zero-order valence-corrected chi connectivity index (χ0v) is 36.4. The number of hydrogen-bond donors (Lipinski definition) is 7. The number of ether oxygens (including phenoxy) is 2.